The minimum atomic E-state index is -0.324. The van der Waals surface area contributed by atoms with Crippen molar-refractivity contribution < 1.29 is 9.53 Å². The summed E-state index contributed by atoms with van der Waals surface area (Å²) in [6.07, 6.45) is 0. The maximum Gasteiger partial charge on any atom is 0.308 e. The zero-order chi connectivity index (χ0) is 9.14. The highest BCUT2D eigenvalue weighted by Crippen LogP contribution is 2.21. The van der Waals surface area contributed by atoms with Crippen molar-refractivity contribution in [2.75, 3.05) is 5.73 Å². The topological polar surface area (TPSA) is 52.3 Å². The maximum absolute atomic E-state index is 10.6. The fourth-order valence-corrected chi connectivity index (χ4v) is 1.22. The molecule has 0 spiro atoms. The summed E-state index contributed by atoms with van der Waals surface area (Å²) in [7, 11) is 0. The summed E-state index contributed by atoms with van der Waals surface area (Å²) < 4.78 is 5.73. The average Bonchev–Trinajstić information content (AvgIpc) is 1.96. The second-order valence-electron chi connectivity index (χ2n) is 2.28. The van der Waals surface area contributed by atoms with E-state index in [2.05, 4.69) is 22.6 Å². The number of hydrogen-bond donors (Lipinski definition) is 1. The lowest BCUT2D eigenvalue weighted by atomic mass is 10.3. The first kappa shape index (κ1) is 9.31. The van der Waals surface area contributed by atoms with Gasteiger partial charge in [-0.2, -0.15) is 0 Å². The van der Waals surface area contributed by atoms with Crippen molar-refractivity contribution in [1.82, 2.24) is 0 Å². The first-order valence-corrected chi connectivity index (χ1v) is 4.41. The predicted molar refractivity (Wildman–Crippen MR) is 54.9 cm³/mol. The molecule has 0 unspecified atom stereocenters. The Morgan fingerprint density at radius 3 is 2.75 bits per heavy atom. The first-order valence-electron chi connectivity index (χ1n) is 3.33. The number of halogens is 1. The number of ether oxygens (including phenoxy) is 1. The van der Waals surface area contributed by atoms with Gasteiger partial charge in [-0.05, 0) is 40.8 Å². The Bertz CT molecular complexity index is 312. The molecule has 0 bridgehead atoms. The largest absolute Gasteiger partial charge is 0.427 e. The molecule has 1 aromatic carbocycles. The highest BCUT2D eigenvalue weighted by Gasteiger charge is 2.00. The van der Waals surface area contributed by atoms with Crippen molar-refractivity contribution >= 4 is 34.2 Å². The first-order chi connectivity index (χ1) is 5.59. The van der Waals surface area contributed by atoms with Crippen LogP contribution >= 0.6 is 22.6 Å². The van der Waals surface area contributed by atoms with Gasteiger partial charge in [-0.3, -0.25) is 4.79 Å². The van der Waals surface area contributed by atoms with Gasteiger partial charge in [-0.1, -0.05) is 0 Å². The van der Waals surface area contributed by atoms with Crippen LogP contribution in [0, 0.1) is 3.57 Å². The van der Waals surface area contributed by atoms with Crippen LogP contribution in [0.25, 0.3) is 0 Å². The summed E-state index contributed by atoms with van der Waals surface area (Å²) in [4.78, 5) is 10.6. The van der Waals surface area contributed by atoms with E-state index in [4.69, 9.17) is 10.5 Å². The van der Waals surface area contributed by atoms with Gasteiger partial charge in [0.05, 0.1) is 0 Å². The van der Waals surface area contributed by atoms with Gasteiger partial charge in [0.2, 0.25) is 0 Å². The molecular formula is C8H8INO2. The lowest BCUT2D eigenvalue weighted by molar-refractivity contribution is -0.131. The number of rotatable bonds is 1. The second kappa shape index (κ2) is 3.75. The SMILES string of the molecule is CC(=O)Oc1ccc(N)c(I)c1. The smallest absolute Gasteiger partial charge is 0.308 e. The normalized spacial score (nSPS) is 9.50. The summed E-state index contributed by atoms with van der Waals surface area (Å²) in [6, 6.07) is 5.09. The van der Waals surface area contributed by atoms with E-state index < -0.39 is 0 Å². The van der Waals surface area contributed by atoms with Crippen LogP contribution in [-0.4, -0.2) is 5.97 Å². The number of carbonyl (C=O) groups is 1. The van der Waals surface area contributed by atoms with Gasteiger partial charge < -0.3 is 10.5 Å². The molecular weight excluding hydrogens is 269 g/mol. The van der Waals surface area contributed by atoms with Crippen molar-refractivity contribution in [2.45, 2.75) is 6.92 Å². The molecule has 2 N–H and O–H groups in total. The van der Waals surface area contributed by atoms with Crippen LogP contribution < -0.4 is 10.5 Å². The summed E-state index contributed by atoms with van der Waals surface area (Å²) in [5, 5.41) is 0. The summed E-state index contributed by atoms with van der Waals surface area (Å²) in [5.41, 5.74) is 6.26. The number of anilines is 1. The Morgan fingerprint density at radius 1 is 1.58 bits per heavy atom. The third-order valence-corrected chi connectivity index (χ3v) is 2.17. The molecule has 0 aliphatic carbocycles. The van der Waals surface area contributed by atoms with Crippen LogP contribution in [0.2, 0.25) is 0 Å². The molecule has 64 valence electrons. The Balaban J connectivity index is 2.89. The number of esters is 1. The van der Waals surface area contributed by atoms with Crippen molar-refractivity contribution in [2.24, 2.45) is 0 Å². The minimum absolute atomic E-state index is 0.324. The standard InChI is InChI=1S/C8H8INO2/c1-5(11)12-6-2-3-8(10)7(9)4-6/h2-4H,10H2,1H3. The Kier molecular flexibility index (Phi) is 2.91. The molecule has 4 heteroatoms. The fourth-order valence-electron chi connectivity index (χ4n) is 0.737. The summed E-state index contributed by atoms with van der Waals surface area (Å²) >= 11 is 2.08. The summed E-state index contributed by atoms with van der Waals surface area (Å²) in [6.45, 7) is 1.36. The molecule has 1 aromatic rings. The minimum Gasteiger partial charge on any atom is -0.427 e. The Morgan fingerprint density at radius 2 is 2.25 bits per heavy atom. The molecule has 0 aliphatic rings. The van der Waals surface area contributed by atoms with E-state index in [0.717, 1.165) is 3.57 Å². The Hall–Kier alpha value is -0.780. The van der Waals surface area contributed by atoms with Gasteiger partial charge in [0.15, 0.2) is 0 Å². The van der Waals surface area contributed by atoms with Gasteiger partial charge in [-0.15, -0.1) is 0 Å². The molecule has 0 fully saturated rings. The zero-order valence-electron chi connectivity index (χ0n) is 6.50. The molecule has 1 rings (SSSR count). The molecule has 0 aromatic heterocycles. The third-order valence-electron chi connectivity index (χ3n) is 1.23. The van der Waals surface area contributed by atoms with Crippen LogP contribution in [0.3, 0.4) is 0 Å². The molecule has 0 atom stereocenters. The molecule has 0 aliphatic heterocycles. The van der Waals surface area contributed by atoms with E-state index in [1.165, 1.54) is 6.92 Å². The maximum atomic E-state index is 10.6. The monoisotopic (exact) mass is 277 g/mol. The van der Waals surface area contributed by atoms with E-state index in [9.17, 15) is 4.79 Å². The van der Waals surface area contributed by atoms with E-state index in [1.807, 2.05) is 0 Å². The Labute approximate surface area is 84.0 Å². The molecule has 0 saturated heterocycles. The van der Waals surface area contributed by atoms with Gasteiger partial charge in [0.1, 0.15) is 5.75 Å². The fraction of sp³-hybridized carbons (Fsp3) is 0.125. The van der Waals surface area contributed by atoms with Crippen LogP contribution in [0.4, 0.5) is 5.69 Å². The molecule has 3 nitrogen and oxygen atoms in total. The molecule has 0 saturated carbocycles. The van der Waals surface area contributed by atoms with Crippen molar-refractivity contribution in [3.8, 4) is 5.75 Å². The van der Waals surface area contributed by atoms with Crippen LogP contribution in [-0.2, 0) is 4.79 Å². The quantitative estimate of drug-likeness (QED) is 0.368. The highest BCUT2D eigenvalue weighted by molar-refractivity contribution is 14.1. The lowest BCUT2D eigenvalue weighted by Crippen LogP contribution is -2.01. The summed E-state index contributed by atoms with van der Waals surface area (Å²) in [5.74, 6) is 0.205. The number of benzene rings is 1. The van der Waals surface area contributed by atoms with E-state index in [0.29, 0.717) is 11.4 Å². The molecule has 12 heavy (non-hydrogen) atoms. The van der Waals surface area contributed by atoms with Gasteiger partial charge in [-0.25, -0.2) is 0 Å². The van der Waals surface area contributed by atoms with Crippen LogP contribution in [0.1, 0.15) is 6.92 Å². The van der Waals surface area contributed by atoms with E-state index in [1.54, 1.807) is 18.2 Å². The molecule has 0 radical (unpaired) electrons. The predicted octanol–water partition coefficient (Wildman–Crippen LogP) is 1.80. The lowest BCUT2D eigenvalue weighted by Gasteiger charge is -2.02. The van der Waals surface area contributed by atoms with E-state index >= 15 is 0 Å². The van der Waals surface area contributed by atoms with Crippen LogP contribution in [0.5, 0.6) is 5.75 Å². The molecule has 0 amide bonds. The van der Waals surface area contributed by atoms with Crippen molar-refractivity contribution in [3.63, 3.8) is 0 Å². The highest BCUT2D eigenvalue weighted by atomic mass is 127. The van der Waals surface area contributed by atoms with Crippen molar-refractivity contribution in [3.05, 3.63) is 21.8 Å². The number of carbonyl (C=O) groups excluding carboxylic acids is 1. The zero-order valence-corrected chi connectivity index (χ0v) is 8.66. The van der Waals surface area contributed by atoms with Crippen molar-refractivity contribution in [1.29, 1.82) is 0 Å². The third kappa shape index (κ3) is 2.37. The number of nitrogens with two attached hydrogens (primary N) is 1. The second-order valence-corrected chi connectivity index (χ2v) is 3.44. The van der Waals surface area contributed by atoms with Gasteiger partial charge >= 0.3 is 5.97 Å². The van der Waals surface area contributed by atoms with E-state index in [-0.39, 0.29) is 5.97 Å². The van der Waals surface area contributed by atoms with Gasteiger partial charge in [0, 0.05) is 16.2 Å². The number of nitrogen functional groups attached to an aromatic ring is 1. The number of hydrogen-bond acceptors (Lipinski definition) is 3. The van der Waals surface area contributed by atoms with Gasteiger partial charge in [0.25, 0.3) is 0 Å². The van der Waals surface area contributed by atoms with Crippen LogP contribution in [0.15, 0.2) is 18.2 Å². The molecule has 0 heterocycles. The average molecular weight is 277 g/mol.